The number of primary sulfonamides is 1. The number of hydrogen-bond donors (Lipinski definition) is 2. The van der Waals surface area contributed by atoms with Crippen molar-refractivity contribution < 1.29 is 13.2 Å². The smallest absolute Gasteiger partial charge is 0.273 e. The number of nitrogens with one attached hydrogen (secondary N) is 1. The molecule has 0 atom stereocenters. The summed E-state index contributed by atoms with van der Waals surface area (Å²) >= 11 is 0. The number of aromatic nitrogens is 2. The SMILES string of the molecule is Cc1cc(/C=N\NC(=O)c2ccccc2-n2cccc2)c(C)n1-c1ccc(S(N)(=O)=O)cc1. The van der Waals surface area contributed by atoms with Crippen molar-refractivity contribution in [1.82, 2.24) is 14.6 Å². The van der Waals surface area contributed by atoms with Crippen molar-refractivity contribution in [2.24, 2.45) is 10.2 Å². The first kappa shape index (κ1) is 22.3. The van der Waals surface area contributed by atoms with Crippen molar-refractivity contribution >= 4 is 22.1 Å². The summed E-state index contributed by atoms with van der Waals surface area (Å²) < 4.78 is 26.8. The van der Waals surface area contributed by atoms with E-state index in [9.17, 15) is 13.2 Å². The number of nitrogens with two attached hydrogens (primary N) is 1. The molecule has 3 N–H and O–H groups in total. The molecule has 0 saturated carbocycles. The van der Waals surface area contributed by atoms with Crippen molar-refractivity contribution in [2.45, 2.75) is 18.7 Å². The molecule has 2 heterocycles. The molecular weight excluding hydrogens is 438 g/mol. The third-order valence-corrected chi connectivity index (χ3v) is 6.22. The molecule has 0 saturated heterocycles. The van der Waals surface area contributed by atoms with Gasteiger partial charge in [0.25, 0.3) is 5.91 Å². The Labute approximate surface area is 192 Å². The molecule has 0 radical (unpaired) electrons. The lowest BCUT2D eigenvalue weighted by Crippen LogP contribution is -2.19. The number of amides is 1. The quantitative estimate of drug-likeness (QED) is 0.339. The van der Waals surface area contributed by atoms with Crippen LogP contribution in [0.4, 0.5) is 0 Å². The molecule has 4 rings (SSSR count). The minimum absolute atomic E-state index is 0.0541. The van der Waals surface area contributed by atoms with Gasteiger partial charge in [-0.1, -0.05) is 12.1 Å². The Morgan fingerprint density at radius 2 is 1.67 bits per heavy atom. The first-order valence-electron chi connectivity index (χ1n) is 10.1. The van der Waals surface area contributed by atoms with Crippen molar-refractivity contribution in [3.05, 3.63) is 102 Å². The molecule has 0 bridgehead atoms. The average Bonchev–Trinajstić information content (AvgIpc) is 3.41. The zero-order chi connectivity index (χ0) is 23.6. The van der Waals surface area contributed by atoms with Crippen LogP contribution in [0.15, 0.2) is 89.1 Å². The number of para-hydroxylation sites is 1. The predicted octanol–water partition coefficient (Wildman–Crippen LogP) is 3.30. The van der Waals surface area contributed by atoms with E-state index in [0.29, 0.717) is 5.56 Å². The van der Waals surface area contributed by atoms with Gasteiger partial charge in [-0.05, 0) is 68.4 Å². The van der Waals surface area contributed by atoms with Crippen LogP contribution in [0.3, 0.4) is 0 Å². The summed E-state index contributed by atoms with van der Waals surface area (Å²) in [5, 5.41) is 9.33. The molecule has 1 amide bonds. The summed E-state index contributed by atoms with van der Waals surface area (Å²) in [6.45, 7) is 3.86. The van der Waals surface area contributed by atoms with Gasteiger partial charge in [-0.25, -0.2) is 19.0 Å². The lowest BCUT2D eigenvalue weighted by Gasteiger charge is -2.10. The second-order valence-corrected chi connectivity index (χ2v) is 9.07. The highest BCUT2D eigenvalue weighted by atomic mass is 32.2. The minimum Gasteiger partial charge on any atom is -0.323 e. The maximum absolute atomic E-state index is 12.7. The van der Waals surface area contributed by atoms with Gasteiger partial charge < -0.3 is 9.13 Å². The number of carbonyl (C=O) groups excluding carboxylic acids is 1. The number of hydrogen-bond acceptors (Lipinski definition) is 4. The Morgan fingerprint density at radius 3 is 2.33 bits per heavy atom. The van der Waals surface area contributed by atoms with Gasteiger partial charge in [0, 0.05) is 35.0 Å². The summed E-state index contributed by atoms with van der Waals surface area (Å²) in [6.07, 6.45) is 5.34. The highest BCUT2D eigenvalue weighted by molar-refractivity contribution is 7.89. The topological polar surface area (TPSA) is 111 Å². The van der Waals surface area contributed by atoms with E-state index in [4.69, 9.17) is 5.14 Å². The first-order chi connectivity index (χ1) is 15.8. The molecule has 2 aromatic heterocycles. The van der Waals surface area contributed by atoms with Crippen molar-refractivity contribution in [2.75, 3.05) is 0 Å². The van der Waals surface area contributed by atoms with E-state index in [2.05, 4.69) is 10.5 Å². The molecular formula is C24H23N5O3S. The van der Waals surface area contributed by atoms with Crippen molar-refractivity contribution in [3.8, 4) is 11.4 Å². The van der Waals surface area contributed by atoms with Crippen LogP contribution < -0.4 is 10.6 Å². The Morgan fingerprint density at radius 1 is 1.00 bits per heavy atom. The molecule has 0 spiro atoms. The van der Waals surface area contributed by atoms with Gasteiger partial charge in [0.2, 0.25) is 10.0 Å². The maximum atomic E-state index is 12.7. The van der Waals surface area contributed by atoms with Crippen molar-refractivity contribution in [1.29, 1.82) is 0 Å². The molecule has 8 nitrogen and oxygen atoms in total. The van der Waals surface area contributed by atoms with Crippen LogP contribution in [0.25, 0.3) is 11.4 Å². The van der Waals surface area contributed by atoms with E-state index in [1.54, 1.807) is 30.5 Å². The highest BCUT2D eigenvalue weighted by Crippen LogP contribution is 2.21. The fourth-order valence-corrected chi connectivity index (χ4v) is 4.22. The minimum atomic E-state index is -3.75. The molecule has 0 unspecified atom stereocenters. The van der Waals surface area contributed by atoms with Crippen LogP contribution in [-0.2, 0) is 10.0 Å². The van der Waals surface area contributed by atoms with E-state index < -0.39 is 10.0 Å². The predicted molar refractivity (Wildman–Crippen MR) is 127 cm³/mol. The summed E-state index contributed by atoms with van der Waals surface area (Å²) in [4.78, 5) is 12.8. The molecule has 0 aliphatic carbocycles. The standard InChI is InChI=1S/C24H23N5O3S/c1-17-15-19(18(2)29(17)20-9-11-21(12-10-20)33(25,31)32)16-26-27-24(30)22-7-3-4-8-23(22)28-13-5-6-14-28/h3-16H,1-2H3,(H,27,30)(H2,25,31,32)/b26-16-. The lowest BCUT2D eigenvalue weighted by molar-refractivity contribution is 0.0955. The Bertz CT molecular complexity index is 1430. The summed E-state index contributed by atoms with van der Waals surface area (Å²) in [5.41, 5.74) is 7.30. The van der Waals surface area contributed by atoms with Gasteiger partial charge in [0.05, 0.1) is 22.4 Å². The molecule has 2 aromatic carbocycles. The normalized spacial score (nSPS) is 11.7. The monoisotopic (exact) mass is 461 g/mol. The van der Waals surface area contributed by atoms with E-state index >= 15 is 0 Å². The summed E-state index contributed by atoms with van der Waals surface area (Å²) in [7, 11) is -3.75. The third kappa shape index (κ3) is 4.64. The second-order valence-electron chi connectivity index (χ2n) is 7.51. The largest absolute Gasteiger partial charge is 0.323 e. The van der Waals surface area contributed by atoms with E-state index in [1.807, 2.05) is 65.7 Å². The zero-order valence-electron chi connectivity index (χ0n) is 18.1. The third-order valence-electron chi connectivity index (χ3n) is 5.29. The first-order valence-corrected chi connectivity index (χ1v) is 11.7. The van der Waals surface area contributed by atoms with Gasteiger partial charge in [0.1, 0.15) is 0 Å². The molecule has 0 aliphatic rings. The van der Waals surface area contributed by atoms with E-state index in [0.717, 1.165) is 28.3 Å². The van der Waals surface area contributed by atoms with Gasteiger partial charge >= 0.3 is 0 Å². The number of hydrazone groups is 1. The van der Waals surface area contributed by atoms with Crippen LogP contribution in [0.1, 0.15) is 27.3 Å². The maximum Gasteiger partial charge on any atom is 0.273 e. The number of nitrogens with zero attached hydrogens (tertiary/aromatic N) is 3. The fraction of sp³-hybridized carbons (Fsp3) is 0.0833. The van der Waals surface area contributed by atoms with E-state index in [-0.39, 0.29) is 10.8 Å². The van der Waals surface area contributed by atoms with Crippen LogP contribution in [0, 0.1) is 13.8 Å². The second kappa shape index (κ2) is 8.89. The summed E-state index contributed by atoms with van der Waals surface area (Å²) in [5.74, 6) is -0.317. The molecule has 9 heteroatoms. The van der Waals surface area contributed by atoms with E-state index in [1.165, 1.54) is 12.1 Å². The molecule has 0 aliphatic heterocycles. The number of aryl methyl sites for hydroxylation is 1. The molecule has 33 heavy (non-hydrogen) atoms. The van der Waals surface area contributed by atoms with Gasteiger partial charge in [-0.15, -0.1) is 0 Å². The lowest BCUT2D eigenvalue weighted by atomic mass is 10.1. The van der Waals surface area contributed by atoms with Gasteiger partial charge in [-0.2, -0.15) is 5.10 Å². The average molecular weight is 462 g/mol. The van der Waals surface area contributed by atoms with Crippen molar-refractivity contribution in [3.63, 3.8) is 0 Å². The fourth-order valence-electron chi connectivity index (χ4n) is 3.71. The van der Waals surface area contributed by atoms with Crippen LogP contribution in [0.5, 0.6) is 0 Å². The molecule has 4 aromatic rings. The summed E-state index contributed by atoms with van der Waals surface area (Å²) in [6, 6.07) is 19.4. The van der Waals surface area contributed by atoms with Crippen LogP contribution in [0.2, 0.25) is 0 Å². The Hall–Kier alpha value is -3.95. The van der Waals surface area contributed by atoms with Crippen LogP contribution in [-0.4, -0.2) is 29.7 Å². The zero-order valence-corrected chi connectivity index (χ0v) is 19.0. The van der Waals surface area contributed by atoms with Gasteiger partial charge in [0.15, 0.2) is 0 Å². The van der Waals surface area contributed by atoms with Gasteiger partial charge in [-0.3, -0.25) is 4.79 Å². The highest BCUT2D eigenvalue weighted by Gasteiger charge is 2.13. The van der Waals surface area contributed by atoms with Crippen LogP contribution >= 0.6 is 0 Å². The number of rotatable bonds is 6. The number of carbonyl (C=O) groups is 1. The Balaban J connectivity index is 1.54. The number of benzene rings is 2. The number of sulfonamides is 1. The molecule has 0 fully saturated rings. The Kier molecular flexibility index (Phi) is 5.99. The molecule has 168 valence electrons.